The summed E-state index contributed by atoms with van der Waals surface area (Å²) in [5.74, 6) is 1.46. The molecule has 0 fully saturated rings. The highest BCUT2D eigenvalue weighted by atomic mass is 32.1. The molecule has 0 saturated carbocycles. The normalized spacial score (nSPS) is 11.4. The lowest BCUT2D eigenvalue weighted by molar-refractivity contribution is 0.311. The molecule has 2 N–H and O–H groups in total. The minimum atomic E-state index is -0.370. The van der Waals surface area contributed by atoms with Crippen molar-refractivity contribution >= 4 is 11.3 Å². The standard InChI is InChI=1S/C15H20N2O2S/c1-5-19-12-8-10(6-7-11(12)18-4)14-17-9-13(20-14)15(2,3)16/h6-9H,5,16H2,1-4H3. The zero-order chi connectivity index (χ0) is 14.8. The minimum absolute atomic E-state index is 0.370. The lowest BCUT2D eigenvalue weighted by Gasteiger charge is -2.14. The molecule has 0 radical (unpaired) electrons. The SMILES string of the molecule is CCOc1cc(-c2ncc(C(C)(C)N)s2)ccc1OC. The van der Waals surface area contributed by atoms with Crippen LogP contribution >= 0.6 is 11.3 Å². The van der Waals surface area contributed by atoms with Gasteiger partial charge in [0, 0.05) is 22.2 Å². The largest absolute Gasteiger partial charge is 0.493 e. The van der Waals surface area contributed by atoms with Gasteiger partial charge in [-0.05, 0) is 39.0 Å². The van der Waals surface area contributed by atoms with Crippen LogP contribution in [-0.2, 0) is 5.54 Å². The lowest BCUT2D eigenvalue weighted by Crippen LogP contribution is -2.27. The summed E-state index contributed by atoms with van der Waals surface area (Å²) < 4.78 is 10.9. The molecule has 0 aliphatic carbocycles. The van der Waals surface area contributed by atoms with Crippen LogP contribution < -0.4 is 15.2 Å². The van der Waals surface area contributed by atoms with E-state index < -0.39 is 0 Å². The highest BCUT2D eigenvalue weighted by molar-refractivity contribution is 7.15. The maximum Gasteiger partial charge on any atom is 0.161 e. The van der Waals surface area contributed by atoms with Gasteiger partial charge in [-0.15, -0.1) is 11.3 Å². The molecule has 0 unspecified atom stereocenters. The monoisotopic (exact) mass is 292 g/mol. The van der Waals surface area contributed by atoms with Gasteiger partial charge in [-0.2, -0.15) is 0 Å². The van der Waals surface area contributed by atoms with E-state index in [1.165, 1.54) is 0 Å². The van der Waals surface area contributed by atoms with Crippen molar-refractivity contribution in [3.63, 3.8) is 0 Å². The molecule has 1 aromatic carbocycles. The summed E-state index contributed by atoms with van der Waals surface area (Å²) in [6.45, 7) is 6.50. The van der Waals surface area contributed by atoms with E-state index in [0.717, 1.165) is 26.9 Å². The summed E-state index contributed by atoms with van der Waals surface area (Å²) in [5, 5.41) is 0.933. The number of hydrogen-bond donors (Lipinski definition) is 1. The second kappa shape index (κ2) is 5.81. The van der Waals surface area contributed by atoms with Gasteiger partial charge in [0.25, 0.3) is 0 Å². The Morgan fingerprint density at radius 3 is 2.60 bits per heavy atom. The predicted molar refractivity (Wildman–Crippen MR) is 82.5 cm³/mol. The smallest absolute Gasteiger partial charge is 0.161 e. The van der Waals surface area contributed by atoms with Crippen LogP contribution in [-0.4, -0.2) is 18.7 Å². The Labute approximate surface area is 123 Å². The van der Waals surface area contributed by atoms with Gasteiger partial charge >= 0.3 is 0 Å². The van der Waals surface area contributed by atoms with Gasteiger partial charge in [0.05, 0.1) is 13.7 Å². The van der Waals surface area contributed by atoms with Crippen LogP contribution in [0.15, 0.2) is 24.4 Å². The molecular formula is C15H20N2O2S. The van der Waals surface area contributed by atoms with Crippen molar-refractivity contribution in [2.24, 2.45) is 5.73 Å². The molecule has 20 heavy (non-hydrogen) atoms. The first-order valence-electron chi connectivity index (χ1n) is 6.52. The molecular weight excluding hydrogens is 272 g/mol. The number of hydrogen-bond acceptors (Lipinski definition) is 5. The Kier molecular flexibility index (Phi) is 4.30. The second-order valence-electron chi connectivity index (χ2n) is 5.05. The zero-order valence-corrected chi connectivity index (χ0v) is 13.1. The highest BCUT2D eigenvalue weighted by Gasteiger charge is 2.18. The number of rotatable bonds is 5. The molecule has 2 rings (SSSR count). The Morgan fingerprint density at radius 2 is 2.05 bits per heavy atom. The summed E-state index contributed by atoms with van der Waals surface area (Å²) in [7, 11) is 1.63. The maximum absolute atomic E-state index is 6.10. The molecule has 0 aliphatic rings. The average molecular weight is 292 g/mol. The van der Waals surface area contributed by atoms with Crippen molar-refractivity contribution in [1.29, 1.82) is 0 Å². The molecule has 0 bridgehead atoms. The van der Waals surface area contributed by atoms with Gasteiger partial charge in [-0.25, -0.2) is 4.98 Å². The molecule has 0 saturated heterocycles. The van der Waals surface area contributed by atoms with E-state index >= 15 is 0 Å². The Balaban J connectivity index is 2.37. The van der Waals surface area contributed by atoms with E-state index in [-0.39, 0.29) is 5.54 Å². The van der Waals surface area contributed by atoms with Gasteiger partial charge < -0.3 is 15.2 Å². The third-order valence-electron chi connectivity index (χ3n) is 2.85. The van der Waals surface area contributed by atoms with E-state index in [9.17, 15) is 0 Å². The maximum atomic E-state index is 6.10. The molecule has 5 heteroatoms. The first-order valence-corrected chi connectivity index (χ1v) is 7.33. The number of thiazole rings is 1. The summed E-state index contributed by atoms with van der Waals surface area (Å²) >= 11 is 1.60. The van der Waals surface area contributed by atoms with Crippen molar-refractivity contribution in [3.05, 3.63) is 29.3 Å². The first kappa shape index (κ1) is 14.8. The minimum Gasteiger partial charge on any atom is -0.493 e. The Hall–Kier alpha value is -1.59. The molecule has 2 aromatic rings. The predicted octanol–water partition coefficient (Wildman–Crippen LogP) is 3.41. The van der Waals surface area contributed by atoms with Crippen molar-refractivity contribution in [3.8, 4) is 22.1 Å². The Morgan fingerprint density at radius 1 is 1.30 bits per heavy atom. The van der Waals surface area contributed by atoms with E-state index in [1.54, 1.807) is 18.4 Å². The van der Waals surface area contributed by atoms with Gasteiger partial charge in [0.15, 0.2) is 11.5 Å². The van der Waals surface area contributed by atoms with Crippen molar-refractivity contribution in [2.75, 3.05) is 13.7 Å². The number of benzene rings is 1. The Bertz CT molecular complexity index is 588. The molecule has 108 valence electrons. The molecule has 0 amide bonds. The van der Waals surface area contributed by atoms with Crippen LogP contribution in [0.25, 0.3) is 10.6 Å². The van der Waals surface area contributed by atoms with E-state index in [2.05, 4.69) is 4.98 Å². The first-order chi connectivity index (χ1) is 9.45. The van der Waals surface area contributed by atoms with Crippen molar-refractivity contribution in [1.82, 2.24) is 4.98 Å². The van der Waals surface area contributed by atoms with Gasteiger partial charge in [-0.1, -0.05) is 0 Å². The number of methoxy groups -OCH3 is 1. The third-order valence-corrected chi connectivity index (χ3v) is 4.24. The number of aromatic nitrogens is 1. The lowest BCUT2D eigenvalue weighted by atomic mass is 10.1. The summed E-state index contributed by atoms with van der Waals surface area (Å²) in [5.41, 5.74) is 6.74. The topological polar surface area (TPSA) is 57.4 Å². The molecule has 4 nitrogen and oxygen atoms in total. The number of ether oxygens (including phenoxy) is 2. The van der Waals surface area contributed by atoms with Crippen LogP contribution in [0.5, 0.6) is 11.5 Å². The summed E-state index contributed by atoms with van der Waals surface area (Å²) in [4.78, 5) is 5.51. The molecule has 1 heterocycles. The summed E-state index contributed by atoms with van der Waals surface area (Å²) in [6, 6.07) is 5.83. The van der Waals surface area contributed by atoms with Crippen LogP contribution in [0.1, 0.15) is 25.6 Å². The fourth-order valence-corrected chi connectivity index (χ4v) is 2.71. The average Bonchev–Trinajstić information content (AvgIpc) is 2.88. The molecule has 0 spiro atoms. The number of nitrogens with two attached hydrogens (primary N) is 1. The van der Waals surface area contributed by atoms with Crippen molar-refractivity contribution in [2.45, 2.75) is 26.3 Å². The van der Waals surface area contributed by atoms with Crippen LogP contribution in [0.4, 0.5) is 0 Å². The van der Waals surface area contributed by atoms with Gasteiger partial charge in [-0.3, -0.25) is 0 Å². The molecule has 1 aromatic heterocycles. The van der Waals surface area contributed by atoms with Crippen LogP contribution in [0, 0.1) is 0 Å². The number of nitrogens with zero attached hydrogens (tertiary/aromatic N) is 1. The van der Waals surface area contributed by atoms with E-state index in [0.29, 0.717) is 6.61 Å². The second-order valence-corrected chi connectivity index (χ2v) is 6.08. The van der Waals surface area contributed by atoms with Gasteiger partial charge in [0.2, 0.25) is 0 Å². The fourth-order valence-electron chi connectivity index (χ4n) is 1.78. The van der Waals surface area contributed by atoms with Crippen LogP contribution in [0.3, 0.4) is 0 Å². The molecule has 0 aliphatic heterocycles. The summed E-state index contributed by atoms with van der Waals surface area (Å²) in [6.07, 6.45) is 1.84. The van der Waals surface area contributed by atoms with E-state index in [1.807, 2.05) is 45.2 Å². The van der Waals surface area contributed by atoms with Gasteiger partial charge in [0.1, 0.15) is 5.01 Å². The highest BCUT2D eigenvalue weighted by Crippen LogP contribution is 2.35. The van der Waals surface area contributed by atoms with Crippen molar-refractivity contribution < 1.29 is 9.47 Å². The zero-order valence-electron chi connectivity index (χ0n) is 12.3. The quantitative estimate of drug-likeness (QED) is 0.917. The fraction of sp³-hybridized carbons (Fsp3) is 0.400. The molecule has 0 atom stereocenters. The van der Waals surface area contributed by atoms with Crippen LogP contribution in [0.2, 0.25) is 0 Å². The van der Waals surface area contributed by atoms with E-state index in [4.69, 9.17) is 15.2 Å². The third kappa shape index (κ3) is 3.11.